The highest BCUT2D eigenvalue weighted by Crippen LogP contribution is 2.37. The fraction of sp³-hybridized carbons (Fsp3) is 0.923. The first-order valence-corrected chi connectivity index (χ1v) is 15.4. The molecule has 16 atom stereocenters. The fourth-order valence-corrected chi connectivity index (χ4v) is 6.10. The van der Waals surface area contributed by atoms with Crippen molar-refractivity contribution in [1.29, 1.82) is 5.41 Å². The lowest BCUT2D eigenvalue weighted by Crippen LogP contribution is -2.69. The van der Waals surface area contributed by atoms with E-state index in [1.54, 1.807) is 0 Å². The molecule has 2 saturated heterocycles. The van der Waals surface area contributed by atoms with Crippen molar-refractivity contribution in [2.24, 2.45) is 22.9 Å². The summed E-state index contributed by atoms with van der Waals surface area (Å²) in [5.74, 6) is -1.30. The minimum absolute atomic E-state index is 0.00883. The average Bonchev–Trinajstić information content (AvgIpc) is 3.66. The van der Waals surface area contributed by atoms with Gasteiger partial charge in [0.25, 0.3) is 5.91 Å². The standard InChI is InChI=1S/C26H50N8O12/c27-9-4-11(33-24(41)26(42)6-15(26)34-25(30)31)21(46-23-18(39)16(29)17(38)14(8-36)44-23)19(40)20(9)45-22-10(28)5-12(37)13(43-22)7-32-2-1-3-35/h9-23,32,35-40,42H,1-8,27-29H2,(H,33,41)(H4,30,31,34)/t9-,10+,11+,12-,13+,14+,15?,16-,17+,18+,19-,20?,21-,22+,23+,26?/m0/s1. The lowest BCUT2D eigenvalue weighted by atomic mass is 9.83. The first-order valence-electron chi connectivity index (χ1n) is 15.4. The molecule has 2 saturated carbocycles. The quantitative estimate of drug-likeness (QED) is 0.0493. The molecule has 0 bridgehead atoms. The molecule has 0 radical (unpaired) electrons. The second kappa shape index (κ2) is 15.6. The third kappa shape index (κ3) is 8.22. The van der Waals surface area contributed by atoms with Crippen LogP contribution in [-0.2, 0) is 23.7 Å². The largest absolute Gasteiger partial charge is 0.396 e. The third-order valence-electron chi connectivity index (χ3n) is 8.97. The van der Waals surface area contributed by atoms with Crippen LogP contribution >= 0.6 is 0 Å². The first kappa shape index (κ1) is 37.0. The van der Waals surface area contributed by atoms with E-state index in [0.29, 0.717) is 13.0 Å². The SMILES string of the molecule is N=C(N)NC1CC1(O)C(=O)N[C@@H]1C[C@H](N)C(O[C@H]2O[C@H](CNCCCO)[C@@H](O)C[C@H]2N)[C@H](O)[C@H]1O[C@H]1O[C@H](CO)[C@@H](O)[C@H](N)[C@H]1O. The van der Waals surface area contributed by atoms with Gasteiger partial charge in [-0.3, -0.25) is 10.2 Å². The fourth-order valence-electron chi connectivity index (χ4n) is 6.10. The number of hydrogen-bond donors (Lipinski definition) is 15. The molecule has 1 amide bonds. The number of guanidine groups is 1. The van der Waals surface area contributed by atoms with Gasteiger partial charge in [-0.1, -0.05) is 0 Å². The van der Waals surface area contributed by atoms with Crippen LogP contribution in [0.15, 0.2) is 0 Å². The molecule has 20 heteroatoms. The van der Waals surface area contributed by atoms with Crippen molar-refractivity contribution in [2.75, 3.05) is 26.3 Å². The van der Waals surface area contributed by atoms with Gasteiger partial charge in [0, 0.05) is 25.6 Å². The summed E-state index contributed by atoms with van der Waals surface area (Å²) in [5, 5.41) is 88.1. The van der Waals surface area contributed by atoms with E-state index in [0.717, 1.165) is 0 Å². The zero-order chi connectivity index (χ0) is 33.9. The van der Waals surface area contributed by atoms with E-state index in [-0.39, 0.29) is 32.4 Å². The van der Waals surface area contributed by atoms with E-state index in [2.05, 4.69) is 16.0 Å². The minimum Gasteiger partial charge on any atom is -0.396 e. The highest BCUT2D eigenvalue weighted by molar-refractivity contribution is 5.91. The van der Waals surface area contributed by atoms with Crippen molar-refractivity contribution in [3.63, 3.8) is 0 Å². The zero-order valence-electron chi connectivity index (χ0n) is 25.3. The summed E-state index contributed by atoms with van der Waals surface area (Å²) in [6.07, 6.45) is -12.5. The molecule has 0 spiro atoms. The number of carbonyl (C=O) groups is 1. The van der Waals surface area contributed by atoms with Crippen LogP contribution in [0, 0.1) is 5.41 Å². The van der Waals surface area contributed by atoms with E-state index in [1.165, 1.54) is 0 Å². The van der Waals surface area contributed by atoms with Gasteiger partial charge in [-0.2, -0.15) is 0 Å². The smallest absolute Gasteiger partial charge is 0.254 e. The number of carbonyl (C=O) groups excluding carboxylic acids is 1. The van der Waals surface area contributed by atoms with E-state index in [9.17, 15) is 35.4 Å². The molecular weight excluding hydrogens is 616 g/mol. The average molecular weight is 667 g/mol. The Morgan fingerprint density at radius 1 is 0.913 bits per heavy atom. The van der Waals surface area contributed by atoms with Crippen LogP contribution in [0.2, 0.25) is 0 Å². The summed E-state index contributed by atoms with van der Waals surface area (Å²) < 4.78 is 23.6. The molecule has 4 fully saturated rings. The Kier molecular flexibility index (Phi) is 12.5. The van der Waals surface area contributed by atoms with Crippen LogP contribution < -0.4 is 38.9 Å². The number of amides is 1. The van der Waals surface area contributed by atoms with E-state index in [1.807, 2.05) is 0 Å². The number of rotatable bonds is 13. The zero-order valence-corrected chi connectivity index (χ0v) is 25.3. The van der Waals surface area contributed by atoms with Gasteiger partial charge < -0.3 is 93.6 Å². The van der Waals surface area contributed by atoms with Gasteiger partial charge in [-0.15, -0.1) is 0 Å². The number of nitrogens with one attached hydrogen (secondary N) is 4. The predicted molar refractivity (Wildman–Crippen MR) is 156 cm³/mol. The molecule has 0 aromatic rings. The number of ether oxygens (including phenoxy) is 4. The molecule has 2 heterocycles. The van der Waals surface area contributed by atoms with Crippen LogP contribution in [-0.4, -0.2) is 171 Å². The van der Waals surface area contributed by atoms with Gasteiger partial charge in [-0.05, 0) is 25.8 Å². The van der Waals surface area contributed by atoms with Crippen LogP contribution in [0.4, 0.5) is 0 Å². The number of nitrogens with two attached hydrogens (primary N) is 4. The Hall–Kier alpha value is -1.86. The number of hydrogen-bond acceptors (Lipinski definition) is 17. The Balaban J connectivity index is 1.52. The van der Waals surface area contributed by atoms with Gasteiger partial charge in [0.2, 0.25) is 0 Å². The maximum Gasteiger partial charge on any atom is 0.254 e. The molecular formula is C26H50N8O12. The Labute approximate surface area is 265 Å². The van der Waals surface area contributed by atoms with Gasteiger partial charge in [0.1, 0.15) is 36.6 Å². The maximum absolute atomic E-state index is 13.2. The topological polar surface area (TPSA) is 360 Å². The normalized spacial score (nSPS) is 46.0. The van der Waals surface area contributed by atoms with Crippen molar-refractivity contribution in [1.82, 2.24) is 16.0 Å². The Bertz CT molecular complexity index is 1040. The summed E-state index contributed by atoms with van der Waals surface area (Å²) in [6.45, 7) is 0.0315. The van der Waals surface area contributed by atoms with E-state index >= 15 is 0 Å². The van der Waals surface area contributed by atoms with Crippen molar-refractivity contribution in [2.45, 2.75) is 123 Å². The van der Waals surface area contributed by atoms with Crippen LogP contribution in [0.25, 0.3) is 0 Å². The summed E-state index contributed by atoms with van der Waals surface area (Å²) in [6, 6.07) is -5.01. The molecule has 19 N–H and O–H groups in total. The molecule has 2 aliphatic carbocycles. The van der Waals surface area contributed by atoms with Crippen molar-refractivity contribution < 1.29 is 59.5 Å². The predicted octanol–water partition coefficient (Wildman–Crippen LogP) is -8.14. The van der Waals surface area contributed by atoms with E-state index in [4.69, 9.17) is 52.4 Å². The molecule has 0 aromatic heterocycles. The first-order chi connectivity index (χ1) is 21.7. The molecule has 266 valence electrons. The summed E-state index contributed by atoms with van der Waals surface area (Å²) in [5.41, 5.74) is 22.0. The third-order valence-corrected chi connectivity index (χ3v) is 8.97. The molecule has 2 aliphatic heterocycles. The second-order valence-electron chi connectivity index (χ2n) is 12.5. The highest BCUT2D eigenvalue weighted by atomic mass is 16.7. The molecule has 3 unspecified atom stereocenters. The lowest BCUT2D eigenvalue weighted by Gasteiger charge is -2.48. The summed E-state index contributed by atoms with van der Waals surface area (Å²) in [4.78, 5) is 13.2. The van der Waals surface area contributed by atoms with Crippen LogP contribution in [0.5, 0.6) is 0 Å². The minimum atomic E-state index is -1.92. The highest BCUT2D eigenvalue weighted by Gasteiger charge is 2.61. The lowest BCUT2D eigenvalue weighted by molar-refractivity contribution is -0.316. The molecule has 4 aliphatic rings. The van der Waals surface area contributed by atoms with Gasteiger partial charge in [-0.25, -0.2) is 0 Å². The Morgan fingerprint density at radius 2 is 1.59 bits per heavy atom. The van der Waals surface area contributed by atoms with Crippen LogP contribution in [0.1, 0.15) is 25.7 Å². The molecule has 20 nitrogen and oxygen atoms in total. The summed E-state index contributed by atoms with van der Waals surface area (Å²) >= 11 is 0. The van der Waals surface area contributed by atoms with Crippen LogP contribution in [0.3, 0.4) is 0 Å². The molecule has 0 aromatic carbocycles. The second-order valence-corrected chi connectivity index (χ2v) is 12.5. The number of aliphatic hydroxyl groups excluding tert-OH is 6. The van der Waals surface area contributed by atoms with Crippen molar-refractivity contribution >= 4 is 11.9 Å². The Morgan fingerprint density at radius 3 is 2.24 bits per heavy atom. The van der Waals surface area contributed by atoms with Crippen molar-refractivity contribution in [3.8, 4) is 0 Å². The van der Waals surface area contributed by atoms with Gasteiger partial charge >= 0.3 is 0 Å². The van der Waals surface area contributed by atoms with E-state index < -0.39 is 116 Å². The molecule has 4 rings (SSSR count). The van der Waals surface area contributed by atoms with Crippen molar-refractivity contribution in [3.05, 3.63) is 0 Å². The maximum atomic E-state index is 13.2. The molecule has 46 heavy (non-hydrogen) atoms. The van der Waals surface area contributed by atoms with Gasteiger partial charge in [0.05, 0.1) is 43.0 Å². The summed E-state index contributed by atoms with van der Waals surface area (Å²) in [7, 11) is 0. The monoisotopic (exact) mass is 666 g/mol. The number of aliphatic hydroxyl groups is 7. The van der Waals surface area contributed by atoms with Gasteiger partial charge in [0.15, 0.2) is 24.1 Å².